The number of nitrogens with zero attached hydrogens (tertiary/aromatic N) is 3. The third kappa shape index (κ3) is 3.24. The molecule has 0 saturated carbocycles. The smallest absolute Gasteiger partial charge is 0.305 e. The molecule has 0 aromatic carbocycles. The summed E-state index contributed by atoms with van der Waals surface area (Å²) in [6, 6.07) is 4.27. The van der Waals surface area contributed by atoms with Crippen molar-refractivity contribution in [3.63, 3.8) is 0 Å². The van der Waals surface area contributed by atoms with Crippen LogP contribution in [0.5, 0.6) is 0 Å². The summed E-state index contributed by atoms with van der Waals surface area (Å²) in [6.07, 6.45) is -1.91. The number of rotatable bonds is 3. The van der Waals surface area contributed by atoms with Crippen LogP contribution in [0.1, 0.15) is 34.2 Å². The summed E-state index contributed by atoms with van der Waals surface area (Å²) in [5, 5.41) is 2.44. The Hall–Kier alpha value is -2.61. The van der Waals surface area contributed by atoms with Crippen LogP contribution in [0.4, 0.5) is 19.0 Å². The van der Waals surface area contributed by atoms with Crippen molar-refractivity contribution in [1.29, 1.82) is 0 Å². The molecular formula is C17H14ClF3N4O. The molecule has 9 heteroatoms. The third-order valence-electron chi connectivity index (χ3n) is 3.87. The summed E-state index contributed by atoms with van der Waals surface area (Å²) in [5.74, 6) is -0.279. The van der Waals surface area contributed by atoms with Crippen molar-refractivity contribution in [1.82, 2.24) is 14.4 Å². The first-order chi connectivity index (χ1) is 12.2. The maximum atomic E-state index is 13.1. The first-order valence-corrected chi connectivity index (χ1v) is 8.10. The second-order valence-corrected chi connectivity index (χ2v) is 6.06. The Balaban J connectivity index is 2.16. The SMILES string of the molecule is CCc1nc2c(Cl)cc(C(F)(F)F)cn2c1C(=O)Nc1ncccc1C. The molecular weight excluding hydrogens is 369 g/mol. The summed E-state index contributed by atoms with van der Waals surface area (Å²) >= 11 is 5.97. The van der Waals surface area contributed by atoms with Gasteiger partial charge in [0.1, 0.15) is 11.5 Å². The molecule has 3 heterocycles. The number of hydrogen-bond donors (Lipinski definition) is 1. The standard InChI is InChI=1S/C17H14ClF3N4O/c1-3-12-13(16(26)24-14-9(2)5-4-6-22-14)25-8-10(17(19,20)21)7-11(18)15(25)23-12/h4-8H,3H2,1-2H3,(H,22,24,26). The van der Waals surface area contributed by atoms with Crippen LogP contribution in [0.25, 0.3) is 5.65 Å². The highest BCUT2D eigenvalue weighted by Gasteiger charge is 2.33. The molecule has 0 spiro atoms. The predicted octanol–water partition coefficient (Wildman–Crippen LogP) is 4.52. The molecule has 0 saturated heterocycles. The summed E-state index contributed by atoms with van der Waals surface area (Å²) in [5.41, 5.74) is 0.206. The number of nitrogens with one attached hydrogen (secondary N) is 1. The lowest BCUT2D eigenvalue weighted by Crippen LogP contribution is -2.18. The van der Waals surface area contributed by atoms with Crippen LogP contribution >= 0.6 is 11.6 Å². The minimum absolute atomic E-state index is 0.000512. The molecule has 3 aromatic heterocycles. The number of carbonyl (C=O) groups excluding carboxylic acids is 1. The van der Waals surface area contributed by atoms with Crippen molar-refractivity contribution in [2.24, 2.45) is 0 Å². The first-order valence-electron chi connectivity index (χ1n) is 7.73. The van der Waals surface area contributed by atoms with Gasteiger partial charge in [-0.2, -0.15) is 13.2 Å². The van der Waals surface area contributed by atoms with Gasteiger partial charge < -0.3 is 5.32 Å². The molecule has 0 aliphatic rings. The van der Waals surface area contributed by atoms with Crippen LogP contribution in [0.15, 0.2) is 30.6 Å². The molecule has 1 amide bonds. The lowest BCUT2D eigenvalue weighted by Gasteiger charge is -2.11. The zero-order chi connectivity index (χ0) is 19.1. The van der Waals surface area contributed by atoms with Gasteiger partial charge in [0.05, 0.1) is 16.3 Å². The quantitative estimate of drug-likeness (QED) is 0.724. The number of amides is 1. The van der Waals surface area contributed by atoms with Crippen LogP contribution in [0, 0.1) is 6.92 Å². The first kappa shape index (κ1) is 18.2. The summed E-state index contributed by atoms with van der Waals surface area (Å²) in [7, 11) is 0. The topological polar surface area (TPSA) is 59.3 Å². The molecule has 0 bridgehead atoms. The number of alkyl halides is 3. The van der Waals surface area contributed by atoms with Crippen molar-refractivity contribution < 1.29 is 18.0 Å². The van der Waals surface area contributed by atoms with Crippen molar-refractivity contribution in [2.75, 3.05) is 5.32 Å². The molecule has 136 valence electrons. The largest absolute Gasteiger partial charge is 0.417 e. The molecule has 3 aromatic rings. The highest BCUT2D eigenvalue weighted by molar-refractivity contribution is 6.33. The molecule has 3 rings (SSSR count). The van der Waals surface area contributed by atoms with Gasteiger partial charge in [0.25, 0.3) is 5.91 Å². The molecule has 0 atom stereocenters. The molecule has 0 aliphatic carbocycles. The second-order valence-electron chi connectivity index (χ2n) is 5.65. The second kappa shape index (κ2) is 6.60. The number of halogens is 4. The van der Waals surface area contributed by atoms with E-state index >= 15 is 0 Å². The zero-order valence-corrected chi connectivity index (χ0v) is 14.6. The van der Waals surface area contributed by atoms with Crippen LogP contribution in [-0.2, 0) is 12.6 Å². The number of carbonyl (C=O) groups is 1. The highest BCUT2D eigenvalue weighted by Crippen LogP contribution is 2.33. The lowest BCUT2D eigenvalue weighted by atomic mass is 10.2. The number of fused-ring (bicyclic) bond motifs is 1. The van der Waals surface area contributed by atoms with Crippen LogP contribution in [-0.4, -0.2) is 20.3 Å². The number of anilines is 1. The average molecular weight is 383 g/mol. The number of aromatic nitrogens is 3. The van der Waals surface area contributed by atoms with Gasteiger partial charge in [-0.25, -0.2) is 9.97 Å². The van der Waals surface area contributed by atoms with E-state index in [4.69, 9.17) is 11.6 Å². The monoisotopic (exact) mass is 382 g/mol. The van der Waals surface area contributed by atoms with E-state index in [0.717, 1.165) is 22.2 Å². The Bertz CT molecular complexity index is 998. The Labute approximate surface area is 151 Å². The third-order valence-corrected chi connectivity index (χ3v) is 4.14. The maximum absolute atomic E-state index is 13.1. The van der Waals surface area contributed by atoms with E-state index < -0.39 is 17.6 Å². The van der Waals surface area contributed by atoms with Gasteiger partial charge in [-0.3, -0.25) is 9.20 Å². The van der Waals surface area contributed by atoms with Gasteiger partial charge in [-0.15, -0.1) is 0 Å². The number of pyridine rings is 2. The molecule has 1 N–H and O–H groups in total. The van der Waals surface area contributed by atoms with E-state index in [1.807, 2.05) is 0 Å². The predicted molar refractivity (Wildman–Crippen MR) is 91.5 cm³/mol. The van der Waals surface area contributed by atoms with Gasteiger partial charge in [-0.05, 0) is 31.0 Å². The van der Waals surface area contributed by atoms with E-state index in [1.54, 1.807) is 26.0 Å². The Morgan fingerprint density at radius 1 is 1.38 bits per heavy atom. The van der Waals surface area contributed by atoms with Crippen molar-refractivity contribution in [3.8, 4) is 0 Å². The average Bonchev–Trinajstić information content (AvgIpc) is 2.95. The molecule has 0 aliphatic heterocycles. The van der Waals surface area contributed by atoms with Crippen molar-refractivity contribution >= 4 is 29.0 Å². The molecule has 0 radical (unpaired) electrons. The van der Waals surface area contributed by atoms with Crippen LogP contribution < -0.4 is 5.32 Å². The van der Waals surface area contributed by atoms with Crippen molar-refractivity contribution in [2.45, 2.75) is 26.4 Å². The van der Waals surface area contributed by atoms with Crippen LogP contribution in [0.2, 0.25) is 5.02 Å². The molecule has 5 nitrogen and oxygen atoms in total. The zero-order valence-electron chi connectivity index (χ0n) is 13.9. The van der Waals surface area contributed by atoms with Gasteiger partial charge in [0, 0.05) is 12.4 Å². The Morgan fingerprint density at radius 3 is 2.73 bits per heavy atom. The summed E-state index contributed by atoms with van der Waals surface area (Å²) in [6.45, 7) is 3.51. The highest BCUT2D eigenvalue weighted by atomic mass is 35.5. The van der Waals surface area contributed by atoms with Gasteiger partial charge in [-0.1, -0.05) is 24.6 Å². The number of aryl methyl sites for hydroxylation is 2. The molecule has 0 fully saturated rings. The normalized spacial score (nSPS) is 11.8. The minimum atomic E-state index is -4.60. The van der Waals surface area contributed by atoms with E-state index in [0.29, 0.717) is 17.9 Å². The van der Waals surface area contributed by atoms with Crippen LogP contribution in [0.3, 0.4) is 0 Å². The van der Waals surface area contributed by atoms with Gasteiger partial charge in [0.2, 0.25) is 0 Å². The fourth-order valence-electron chi connectivity index (χ4n) is 2.58. The number of hydrogen-bond acceptors (Lipinski definition) is 3. The van der Waals surface area contributed by atoms with Crippen molar-refractivity contribution in [3.05, 3.63) is 58.1 Å². The maximum Gasteiger partial charge on any atom is 0.417 e. The fraction of sp³-hybridized carbons (Fsp3) is 0.235. The van der Waals surface area contributed by atoms with E-state index in [9.17, 15) is 18.0 Å². The van der Waals surface area contributed by atoms with E-state index in [2.05, 4.69) is 15.3 Å². The van der Waals surface area contributed by atoms with Gasteiger partial charge in [0.15, 0.2) is 5.65 Å². The fourth-order valence-corrected chi connectivity index (χ4v) is 2.83. The van der Waals surface area contributed by atoms with Gasteiger partial charge >= 0.3 is 6.18 Å². The lowest BCUT2D eigenvalue weighted by molar-refractivity contribution is -0.137. The Morgan fingerprint density at radius 2 is 2.12 bits per heavy atom. The van der Waals surface area contributed by atoms with E-state index in [-0.39, 0.29) is 16.4 Å². The summed E-state index contributed by atoms with van der Waals surface area (Å²) in [4.78, 5) is 21.0. The molecule has 0 unspecified atom stereocenters. The number of imidazole rings is 1. The minimum Gasteiger partial charge on any atom is -0.305 e. The summed E-state index contributed by atoms with van der Waals surface area (Å²) < 4.78 is 40.4. The Kier molecular flexibility index (Phi) is 4.62. The van der Waals surface area contributed by atoms with E-state index in [1.165, 1.54) is 6.20 Å². The molecule has 26 heavy (non-hydrogen) atoms.